The molecule has 0 unspecified atom stereocenters. The van der Waals surface area contributed by atoms with Crippen molar-refractivity contribution >= 4 is 11.8 Å². The van der Waals surface area contributed by atoms with E-state index in [0.717, 1.165) is 17.7 Å². The van der Waals surface area contributed by atoms with Gasteiger partial charge in [-0.15, -0.1) is 0 Å². The summed E-state index contributed by atoms with van der Waals surface area (Å²) in [6.45, 7) is 0. The molecule has 96 valence electrons. The van der Waals surface area contributed by atoms with E-state index in [-0.39, 0.29) is 24.1 Å². The normalized spacial score (nSPS) is 18.1. The lowest BCUT2D eigenvalue weighted by Gasteiger charge is -2.22. The van der Waals surface area contributed by atoms with Crippen LogP contribution in [-0.4, -0.2) is 26.0 Å². The SMILES string of the molecule is COC(=O)C[C@H]1CCc2cc(OC)ccc2C1=O. The Balaban J connectivity index is 2.21. The third-order valence-corrected chi connectivity index (χ3v) is 3.35. The highest BCUT2D eigenvalue weighted by Crippen LogP contribution is 2.30. The van der Waals surface area contributed by atoms with Crippen LogP contribution in [0.1, 0.15) is 28.8 Å². The molecule has 1 aliphatic carbocycles. The number of hydrogen-bond donors (Lipinski definition) is 0. The van der Waals surface area contributed by atoms with Gasteiger partial charge in [0.25, 0.3) is 0 Å². The van der Waals surface area contributed by atoms with Crippen LogP contribution in [0.3, 0.4) is 0 Å². The molecule has 0 radical (unpaired) electrons. The van der Waals surface area contributed by atoms with E-state index >= 15 is 0 Å². The first-order chi connectivity index (χ1) is 8.65. The summed E-state index contributed by atoms with van der Waals surface area (Å²) in [4.78, 5) is 23.5. The van der Waals surface area contributed by atoms with Crippen LogP contribution in [0.25, 0.3) is 0 Å². The molecule has 1 aliphatic rings. The fourth-order valence-corrected chi connectivity index (χ4v) is 2.30. The lowest BCUT2D eigenvalue weighted by atomic mass is 9.81. The van der Waals surface area contributed by atoms with E-state index in [1.165, 1.54) is 7.11 Å². The number of hydrogen-bond acceptors (Lipinski definition) is 4. The van der Waals surface area contributed by atoms with Crippen molar-refractivity contribution in [2.75, 3.05) is 14.2 Å². The molecule has 1 aromatic carbocycles. The molecule has 1 aromatic rings. The van der Waals surface area contributed by atoms with Gasteiger partial charge in [-0.2, -0.15) is 0 Å². The summed E-state index contributed by atoms with van der Waals surface area (Å²) in [6, 6.07) is 5.44. The molecular formula is C14H16O4. The predicted octanol–water partition coefficient (Wildman–Crippen LogP) is 2.00. The van der Waals surface area contributed by atoms with Gasteiger partial charge >= 0.3 is 5.97 Å². The Labute approximate surface area is 106 Å². The monoisotopic (exact) mass is 248 g/mol. The second kappa shape index (κ2) is 5.21. The summed E-state index contributed by atoms with van der Waals surface area (Å²) in [7, 11) is 2.95. The quantitative estimate of drug-likeness (QED) is 0.768. The van der Waals surface area contributed by atoms with Gasteiger partial charge in [0.05, 0.1) is 20.6 Å². The van der Waals surface area contributed by atoms with Crippen LogP contribution >= 0.6 is 0 Å². The maximum absolute atomic E-state index is 12.2. The first-order valence-electron chi connectivity index (χ1n) is 5.93. The van der Waals surface area contributed by atoms with Gasteiger partial charge in [0.1, 0.15) is 5.75 Å². The van der Waals surface area contributed by atoms with Crippen molar-refractivity contribution in [2.24, 2.45) is 5.92 Å². The number of ether oxygens (including phenoxy) is 2. The first kappa shape index (κ1) is 12.6. The molecule has 0 heterocycles. The molecular weight excluding hydrogens is 232 g/mol. The van der Waals surface area contributed by atoms with Gasteiger partial charge < -0.3 is 9.47 Å². The third kappa shape index (κ3) is 2.37. The average molecular weight is 248 g/mol. The second-order valence-corrected chi connectivity index (χ2v) is 4.40. The lowest BCUT2D eigenvalue weighted by molar-refractivity contribution is -0.141. The minimum absolute atomic E-state index is 0.0318. The third-order valence-electron chi connectivity index (χ3n) is 3.35. The van der Waals surface area contributed by atoms with Crippen LogP contribution in [0, 0.1) is 5.92 Å². The number of aryl methyl sites for hydroxylation is 1. The molecule has 0 spiro atoms. The van der Waals surface area contributed by atoms with Crippen molar-refractivity contribution in [1.29, 1.82) is 0 Å². The summed E-state index contributed by atoms with van der Waals surface area (Å²) >= 11 is 0. The van der Waals surface area contributed by atoms with Crippen molar-refractivity contribution in [2.45, 2.75) is 19.3 Å². The minimum Gasteiger partial charge on any atom is -0.497 e. The van der Waals surface area contributed by atoms with E-state index in [2.05, 4.69) is 4.74 Å². The standard InChI is InChI=1S/C14H16O4/c1-17-11-5-6-12-9(7-11)3-4-10(14(12)16)8-13(15)18-2/h5-7,10H,3-4,8H2,1-2H3/t10-/m1/s1. The van der Waals surface area contributed by atoms with Gasteiger partial charge in [-0.25, -0.2) is 0 Å². The van der Waals surface area contributed by atoms with Crippen LogP contribution in [0.5, 0.6) is 5.75 Å². The molecule has 0 saturated heterocycles. The Hall–Kier alpha value is -1.84. The maximum Gasteiger partial charge on any atom is 0.306 e. The predicted molar refractivity (Wildman–Crippen MR) is 65.8 cm³/mol. The summed E-state index contributed by atoms with van der Waals surface area (Å²) in [5.41, 5.74) is 1.71. The van der Waals surface area contributed by atoms with Gasteiger partial charge in [0.2, 0.25) is 0 Å². The molecule has 0 aliphatic heterocycles. The van der Waals surface area contributed by atoms with Crippen LogP contribution in [-0.2, 0) is 16.0 Å². The number of esters is 1. The number of carbonyl (C=O) groups is 2. The fourth-order valence-electron chi connectivity index (χ4n) is 2.30. The Morgan fingerprint density at radius 3 is 2.83 bits per heavy atom. The summed E-state index contributed by atoms with van der Waals surface area (Å²) in [5.74, 6) is 0.209. The topological polar surface area (TPSA) is 52.6 Å². The Kier molecular flexibility index (Phi) is 3.65. The van der Waals surface area contributed by atoms with Gasteiger partial charge in [0.15, 0.2) is 5.78 Å². The van der Waals surface area contributed by atoms with E-state index in [9.17, 15) is 9.59 Å². The van der Waals surface area contributed by atoms with E-state index in [4.69, 9.17) is 4.74 Å². The van der Waals surface area contributed by atoms with Crippen molar-refractivity contribution in [1.82, 2.24) is 0 Å². The Morgan fingerprint density at radius 2 is 2.17 bits per heavy atom. The van der Waals surface area contributed by atoms with Crippen LogP contribution < -0.4 is 4.74 Å². The molecule has 0 aromatic heterocycles. The maximum atomic E-state index is 12.2. The van der Waals surface area contributed by atoms with Crippen LogP contribution in [0.15, 0.2) is 18.2 Å². The van der Waals surface area contributed by atoms with Crippen molar-refractivity contribution < 1.29 is 19.1 Å². The highest BCUT2D eigenvalue weighted by Gasteiger charge is 2.29. The molecule has 0 amide bonds. The van der Waals surface area contributed by atoms with Crippen LogP contribution in [0.4, 0.5) is 0 Å². The summed E-state index contributed by atoms with van der Waals surface area (Å²) in [6.07, 6.45) is 1.65. The molecule has 18 heavy (non-hydrogen) atoms. The van der Waals surface area contributed by atoms with E-state index in [1.807, 2.05) is 6.07 Å². The van der Waals surface area contributed by atoms with E-state index < -0.39 is 0 Å². The van der Waals surface area contributed by atoms with Crippen molar-refractivity contribution in [3.05, 3.63) is 29.3 Å². The number of ketones is 1. The molecule has 4 heteroatoms. The van der Waals surface area contributed by atoms with Gasteiger partial charge in [0, 0.05) is 11.5 Å². The number of fused-ring (bicyclic) bond motifs is 1. The highest BCUT2D eigenvalue weighted by molar-refractivity contribution is 6.01. The van der Waals surface area contributed by atoms with Gasteiger partial charge in [-0.05, 0) is 36.6 Å². The molecule has 1 atom stereocenters. The van der Waals surface area contributed by atoms with Gasteiger partial charge in [-0.3, -0.25) is 9.59 Å². The fraction of sp³-hybridized carbons (Fsp3) is 0.429. The zero-order valence-corrected chi connectivity index (χ0v) is 10.6. The number of carbonyl (C=O) groups excluding carboxylic acids is 2. The number of rotatable bonds is 3. The average Bonchev–Trinajstić information content (AvgIpc) is 2.41. The molecule has 4 nitrogen and oxygen atoms in total. The first-order valence-corrected chi connectivity index (χ1v) is 5.93. The summed E-state index contributed by atoms with van der Waals surface area (Å²) < 4.78 is 9.75. The molecule has 2 rings (SSSR count). The second-order valence-electron chi connectivity index (χ2n) is 4.40. The largest absolute Gasteiger partial charge is 0.497 e. The highest BCUT2D eigenvalue weighted by atomic mass is 16.5. The van der Waals surface area contributed by atoms with Crippen LogP contribution in [0.2, 0.25) is 0 Å². The summed E-state index contributed by atoms with van der Waals surface area (Å²) in [5, 5.41) is 0. The van der Waals surface area contributed by atoms with E-state index in [0.29, 0.717) is 12.0 Å². The molecule has 0 saturated carbocycles. The zero-order chi connectivity index (χ0) is 13.1. The van der Waals surface area contributed by atoms with Crippen molar-refractivity contribution in [3.8, 4) is 5.75 Å². The minimum atomic E-state index is -0.328. The number of methoxy groups -OCH3 is 2. The van der Waals surface area contributed by atoms with Gasteiger partial charge in [-0.1, -0.05) is 0 Å². The smallest absolute Gasteiger partial charge is 0.306 e. The Bertz CT molecular complexity index is 479. The molecule has 0 fully saturated rings. The molecule has 0 bridgehead atoms. The van der Waals surface area contributed by atoms with E-state index in [1.54, 1.807) is 19.2 Å². The van der Waals surface area contributed by atoms with Crippen molar-refractivity contribution in [3.63, 3.8) is 0 Å². The Morgan fingerprint density at radius 1 is 1.39 bits per heavy atom. The number of Topliss-reactive ketones (excluding diaryl/α,β-unsaturated/α-hetero) is 1. The zero-order valence-electron chi connectivity index (χ0n) is 10.6. The number of benzene rings is 1. The lowest BCUT2D eigenvalue weighted by Crippen LogP contribution is -2.25. The molecule has 0 N–H and O–H groups in total.